The van der Waals surface area contributed by atoms with Crippen molar-refractivity contribution in [3.63, 3.8) is 0 Å². The molecular formula is C16H19F3N4O2S. The van der Waals surface area contributed by atoms with Crippen LogP contribution in [-0.2, 0) is 11.2 Å². The molecule has 1 fully saturated rings. The zero-order valence-corrected chi connectivity index (χ0v) is 14.7. The maximum Gasteiger partial charge on any atom is 0.405 e. The van der Waals surface area contributed by atoms with Crippen molar-refractivity contribution in [2.75, 3.05) is 32.7 Å². The van der Waals surface area contributed by atoms with Gasteiger partial charge in [0.25, 0.3) is 0 Å². The third-order valence-corrected chi connectivity index (χ3v) is 4.95. The minimum absolute atomic E-state index is 0.124. The number of aromatic nitrogens is 1. The maximum atomic E-state index is 13.3. The van der Waals surface area contributed by atoms with E-state index in [-0.39, 0.29) is 6.42 Å². The number of carbonyl (C=O) groups is 1. The highest BCUT2D eigenvalue weighted by molar-refractivity contribution is 7.13. The number of piperazine rings is 1. The first-order valence-electron chi connectivity index (χ1n) is 8.20. The quantitative estimate of drug-likeness (QED) is 0.791. The minimum Gasteiger partial charge on any atom is -0.444 e. The first-order valence-corrected chi connectivity index (χ1v) is 9.08. The minimum atomic E-state index is -4.40. The number of amides is 1. The predicted octanol–water partition coefficient (Wildman–Crippen LogP) is 1.90. The molecule has 0 saturated carbocycles. The Hall–Kier alpha value is -1.91. The van der Waals surface area contributed by atoms with Gasteiger partial charge in [-0.3, -0.25) is 9.69 Å². The van der Waals surface area contributed by atoms with Crippen LogP contribution in [0.1, 0.15) is 5.69 Å². The summed E-state index contributed by atoms with van der Waals surface area (Å²) in [5, 5.41) is 7.27. The van der Waals surface area contributed by atoms with Gasteiger partial charge in [0.15, 0.2) is 0 Å². The predicted molar refractivity (Wildman–Crippen MR) is 90.8 cm³/mol. The van der Waals surface area contributed by atoms with Gasteiger partial charge in [0.2, 0.25) is 11.8 Å². The lowest BCUT2D eigenvalue weighted by Gasteiger charge is -2.35. The molecule has 2 aromatic heterocycles. The molecule has 0 spiro atoms. The van der Waals surface area contributed by atoms with Crippen LogP contribution in [0, 0.1) is 0 Å². The van der Waals surface area contributed by atoms with E-state index in [1.165, 1.54) is 22.5 Å². The molecule has 10 heteroatoms. The average Bonchev–Trinajstić information content (AvgIpc) is 3.26. The lowest BCUT2D eigenvalue weighted by molar-refractivity contribution is -0.184. The number of thiophene rings is 1. The highest BCUT2D eigenvalue weighted by Crippen LogP contribution is 2.25. The Kier molecular flexibility index (Phi) is 5.94. The van der Waals surface area contributed by atoms with Gasteiger partial charge >= 0.3 is 6.18 Å². The molecule has 1 amide bonds. The molecule has 3 rings (SSSR count). The molecule has 0 radical (unpaired) electrons. The molecular weight excluding hydrogens is 369 g/mol. The third-order valence-electron chi connectivity index (χ3n) is 4.09. The smallest absolute Gasteiger partial charge is 0.405 e. The maximum absolute atomic E-state index is 13.3. The summed E-state index contributed by atoms with van der Waals surface area (Å²) in [6.07, 6.45) is -3.17. The van der Waals surface area contributed by atoms with E-state index in [9.17, 15) is 18.0 Å². The summed E-state index contributed by atoms with van der Waals surface area (Å²) in [5.41, 5.74) is 0.386. The second-order valence-electron chi connectivity index (χ2n) is 5.95. The first-order chi connectivity index (χ1) is 12.4. The summed E-state index contributed by atoms with van der Waals surface area (Å²) < 4.78 is 45.2. The zero-order valence-electron chi connectivity index (χ0n) is 13.9. The van der Waals surface area contributed by atoms with Crippen molar-refractivity contribution in [3.8, 4) is 10.8 Å². The van der Waals surface area contributed by atoms with E-state index in [1.54, 1.807) is 0 Å². The Morgan fingerprint density at radius 3 is 2.85 bits per heavy atom. The van der Waals surface area contributed by atoms with E-state index in [1.807, 2.05) is 17.5 Å². The van der Waals surface area contributed by atoms with Crippen LogP contribution in [0.15, 0.2) is 28.2 Å². The lowest BCUT2D eigenvalue weighted by Crippen LogP contribution is -2.57. The number of alkyl halides is 3. The van der Waals surface area contributed by atoms with Gasteiger partial charge < -0.3 is 15.1 Å². The molecule has 1 aliphatic heterocycles. The Bertz CT molecular complexity index is 711. The number of rotatable bonds is 6. The number of hydrogen-bond donors (Lipinski definition) is 2. The van der Waals surface area contributed by atoms with Crippen molar-refractivity contribution >= 4 is 17.2 Å². The van der Waals surface area contributed by atoms with Gasteiger partial charge in [0.05, 0.1) is 17.0 Å². The van der Waals surface area contributed by atoms with Crippen LogP contribution in [0.25, 0.3) is 10.8 Å². The van der Waals surface area contributed by atoms with Crippen molar-refractivity contribution < 1.29 is 22.4 Å². The highest BCUT2D eigenvalue weighted by atomic mass is 32.1. The topological polar surface area (TPSA) is 70.4 Å². The van der Waals surface area contributed by atoms with Gasteiger partial charge in [-0.1, -0.05) is 6.07 Å². The van der Waals surface area contributed by atoms with Gasteiger partial charge in [-0.2, -0.15) is 13.2 Å². The summed E-state index contributed by atoms with van der Waals surface area (Å²) in [6.45, 7) is 1.13. The Morgan fingerprint density at radius 1 is 1.42 bits per heavy atom. The fourth-order valence-corrected chi connectivity index (χ4v) is 3.44. The molecule has 142 valence electrons. The largest absolute Gasteiger partial charge is 0.444 e. The van der Waals surface area contributed by atoms with Gasteiger partial charge in [0.1, 0.15) is 12.3 Å². The fourth-order valence-electron chi connectivity index (χ4n) is 2.78. The number of nitrogens with zero attached hydrogens (tertiary/aromatic N) is 2. The van der Waals surface area contributed by atoms with E-state index in [0.29, 0.717) is 37.8 Å². The van der Waals surface area contributed by atoms with Crippen LogP contribution >= 0.6 is 11.3 Å². The monoisotopic (exact) mass is 388 g/mol. The normalized spacial score (nSPS) is 17.2. The molecule has 3 heterocycles. The second kappa shape index (κ2) is 8.19. The molecule has 1 saturated heterocycles. The van der Waals surface area contributed by atoms with Gasteiger partial charge in [-0.25, -0.2) is 4.98 Å². The summed E-state index contributed by atoms with van der Waals surface area (Å²) >= 11 is 1.45. The molecule has 0 bridgehead atoms. The molecule has 6 nitrogen and oxygen atoms in total. The van der Waals surface area contributed by atoms with Crippen molar-refractivity contribution in [1.29, 1.82) is 0 Å². The molecule has 2 aromatic rings. The number of hydrogen-bond acceptors (Lipinski definition) is 6. The van der Waals surface area contributed by atoms with E-state index >= 15 is 0 Å². The summed E-state index contributed by atoms with van der Waals surface area (Å²) in [6, 6.07) is 2.00. The average molecular weight is 388 g/mol. The molecule has 1 aliphatic rings. The van der Waals surface area contributed by atoms with Crippen LogP contribution in [-0.4, -0.2) is 60.7 Å². The third kappa shape index (κ3) is 4.83. The van der Waals surface area contributed by atoms with Crippen LogP contribution in [0.3, 0.4) is 0 Å². The number of nitrogens with one attached hydrogen (secondary N) is 2. The fraction of sp³-hybridized carbons (Fsp3) is 0.500. The van der Waals surface area contributed by atoms with Crippen molar-refractivity contribution in [2.45, 2.75) is 18.6 Å². The van der Waals surface area contributed by atoms with Crippen LogP contribution in [0.4, 0.5) is 13.2 Å². The van der Waals surface area contributed by atoms with E-state index in [4.69, 9.17) is 4.42 Å². The Morgan fingerprint density at radius 2 is 2.19 bits per heavy atom. The SMILES string of the molecule is O=C(Cc1coc(-c2cccs2)n1)NCC(N1CCNCC1)C(F)(F)F. The number of oxazole rings is 1. The molecule has 2 N–H and O–H groups in total. The van der Waals surface area contributed by atoms with Crippen LogP contribution < -0.4 is 10.6 Å². The summed E-state index contributed by atoms with van der Waals surface area (Å²) in [4.78, 5) is 18.4. The van der Waals surface area contributed by atoms with Crippen molar-refractivity contribution in [3.05, 3.63) is 29.5 Å². The van der Waals surface area contributed by atoms with Gasteiger partial charge in [0, 0.05) is 32.7 Å². The molecule has 26 heavy (non-hydrogen) atoms. The molecule has 1 unspecified atom stereocenters. The standard InChI is InChI=1S/C16H19F3N4O2S/c17-16(18,19)13(23-5-3-20-4-6-23)9-21-14(24)8-11-10-25-15(22-11)12-2-1-7-26-12/h1-2,7,10,13,20H,3-6,8-9H2,(H,21,24). The Labute approximate surface area is 152 Å². The first kappa shape index (κ1) is 18.9. The van der Waals surface area contributed by atoms with E-state index < -0.39 is 24.7 Å². The molecule has 1 atom stereocenters. The van der Waals surface area contributed by atoms with E-state index in [0.717, 1.165) is 4.88 Å². The van der Waals surface area contributed by atoms with Crippen molar-refractivity contribution in [1.82, 2.24) is 20.5 Å². The van der Waals surface area contributed by atoms with Gasteiger partial charge in [-0.15, -0.1) is 11.3 Å². The molecule has 0 aromatic carbocycles. The number of carbonyl (C=O) groups excluding carboxylic acids is 1. The zero-order chi connectivity index (χ0) is 18.6. The highest BCUT2D eigenvalue weighted by Gasteiger charge is 2.43. The van der Waals surface area contributed by atoms with Crippen LogP contribution in [0.5, 0.6) is 0 Å². The molecule has 0 aliphatic carbocycles. The summed E-state index contributed by atoms with van der Waals surface area (Å²) in [5.74, 6) is -0.114. The summed E-state index contributed by atoms with van der Waals surface area (Å²) in [7, 11) is 0. The van der Waals surface area contributed by atoms with Crippen LogP contribution in [0.2, 0.25) is 0 Å². The lowest BCUT2D eigenvalue weighted by atomic mass is 10.2. The number of halogens is 3. The van der Waals surface area contributed by atoms with E-state index in [2.05, 4.69) is 15.6 Å². The Balaban J connectivity index is 1.55. The van der Waals surface area contributed by atoms with Crippen molar-refractivity contribution in [2.24, 2.45) is 0 Å². The second-order valence-corrected chi connectivity index (χ2v) is 6.89. The van der Waals surface area contributed by atoms with Gasteiger partial charge in [-0.05, 0) is 11.4 Å².